The van der Waals surface area contributed by atoms with Gasteiger partial charge in [0.05, 0.1) is 6.61 Å². The second-order valence-electron chi connectivity index (χ2n) is 4.75. The van der Waals surface area contributed by atoms with Crippen LogP contribution < -0.4 is 5.73 Å². The van der Waals surface area contributed by atoms with Crippen LogP contribution in [-0.2, 0) is 4.74 Å². The first-order chi connectivity index (χ1) is 7.97. The third-order valence-corrected chi connectivity index (χ3v) is 3.06. The maximum Gasteiger partial charge on any atom is 0.144 e. The lowest BCUT2D eigenvalue weighted by Gasteiger charge is -2.27. The van der Waals surface area contributed by atoms with E-state index in [0.717, 1.165) is 39.3 Å². The van der Waals surface area contributed by atoms with Crippen molar-refractivity contribution in [3.05, 3.63) is 0 Å². The molecular weight excluding hydrogens is 218 g/mol. The molecular formula is C12H27N3O2. The number of hydrogen-bond acceptors (Lipinski definition) is 4. The minimum Gasteiger partial charge on any atom is -0.409 e. The maximum absolute atomic E-state index is 8.70. The molecule has 0 spiro atoms. The number of ether oxygens (including phenoxy) is 1. The zero-order valence-electron chi connectivity index (χ0n) is 11.6. The zero-order chi connectivity index (χ0) is 13.3. The third-order valence-electron chi connectivity index (χ3n) is 3.06. The summed E-state index contributed by atoms with van der Waals surface area (Å²) in [7, 11) is 0. The molecule has 102 valence electrons. The molecule has 0 heterocycles. The molecule has 0 aromatic heterocycles. The molecule has 0 bridgehead atoms. The Morgan fingerprint density at radius 3 is 2.47 bits per heavy atom. The Bertz CT molecular complexity index is 230. The first-order valence-electron chi connectivity index (χ1n) is 6.26. The van der Waals surface area contributed by atoms with Crippen molar-refractivity contribution in [3.8, 4) is 0 Å². The molecule has 0 aliphatic rings. The van der Waals surface area contributed by atoms with Gasteiger partial charge in [-0.3, -0.25) is 0 Å². The van der Waals surface area contributed by atoms with Gasteiger partial charge in [0.25, 0.3) is 0 Å². The first kappa shape index (κ1) is 16.2. The van der Waals surface area contributed by atoms with E-state index < -0.39 is 0 Å². The van der Waals surface area contributed by atoms with E-state index >= 15 is 0 Å². The van der Waals surface area contributed by atoms with Gasteiger partial charge in [0.15, 0.2) is 0 Å². The molecule has 3 N–H and O–H groups in total. The lowest BCUT2D eigenvalue weighted by molar-refractivity contribution is 0.112. The molecule has 0 fully saturated rings. The number of likely N-dealkylation sites (N-methyl/N-ethyl adjacent to an activating group) is 1. The molecule has 0 unspecified atom stereocenters. The van der Waals surface area contributed by atoms with Gasteiger partial charge >= 0.3 is 0 Å². The van der Waals surface area contributed by atoms with Crippen LogP contribution in [0.25, 0.3) is 0 Å². The Morgan fingerprint density at radius 1 is 1.35 bits per heavy atom. The minimum absolute atomic E-state index is 0.270. The van der Waals surface area contributed by atoms with Gasteiger partial charge in [0.1, 0.15) is 5.84 Å². The molecule has 5 nitrogen and oxygen atoms in total. The summed E-state index contributed by atoms with van der Waals surface area (Å²) in [6, 6.07) is 0. The molecule has 0 aromatic carbocycles. The Hall–Kier alpha value is -0.810. The fraction of sp³-hybridized carbons (Fsp3) is 0.917. The Balaban J connectivity index is 4.05. The smallest absolute Gasteiger partial charge is 0.144 e. The Morgan fingerprint density at radius 2 is 2.00 bits per heavy atom. The van der Waals surface area contributed by atoms with E-state index in [1.807, 2.05) is 20.8 Å². The molecule has 0 aliphatic carbocycles. The number of oxime groups is 1. The minimum atomic E-state index is -0.270. The lowest BCUT2D eigenvalue weighted by Crippen LogP contribution is -2.37. The standard InChI is InChI=1S/C12H27N3O2/c1-5-15(9-10-17-6-2)8-7-12(3,4)11(13)14-16/h16H,5-10H2,1-4H3,(H2,13,14). The summed E-state index contributed by atoms with van der Waals surface area (Å²) < 4.78 is 5.34. The van der Waals surface area contributed by atoms with Crippen molar-refractivity contribution in [1.29, 1.82) is 0 Å². The normalized spacial score (nSPS) is 13.4. The molecule has 0 atom stereocenters. The van der Waals surface area contributed by atoms with E-state index in [0.29, 0.717) is 5.84 Å². The van der Waals surface area contributed by atoms with Gasteiger partial charge in [-0.05, 0) is 26.4 Å². The summed E-state index contributed by atoms with van der Waals surface area (Å²) in [6.45, 7) is 12.4. The summed E-state index contributed by atoms with van der Waals surface area (Å²) in [4.78, 5) is 2.31. The van der Waals surface area contributed by atoms with Crippen LogP contribution in [0.2, 0.25) is 0 Å². The van der Waals surface area contributed by atoms with E-state index in [2.05, 4.69) is 17.0 Å². The topological polar surface area (TPSA) is 71.1 Å². The molecule has 0 saturated heterocycles. The van der Waals surface area contributed by atoms with Gasteiger partial charge < -0.3 is 20.6 Å². The number of rotatable bonds is 9. The molecule has 0 aliphatic heterocycles. The van der Waals surface area contributed by atoms with Crippen molar-refractivity contribution in [2.45, 2.75) is 34.1 Å². The molecule has 0 rings (SSSR count). The molecule has 5 heteroatoms. The van der Waals surface area contributed by atoms with Crippen molar-refractivity contribution in [2.75, 3.05) is 32.8 Å². The van der Waals surface area contributed by atoms with Crippen molar-refractivity contribution >= 4 is 5.84 Å². The first-order valence-corrected chi connectivity index (χ1v) is 6.26. The summed E-state index contributed by atoms with van der Waals surface area (Å²) in [5.41, 5.74) is 5.39. The van der Waals surface area contributed by atoms with E-state index in [4.69, 9.17) is 15.7 Å². The second kappa shape index (κ2) is 8.31. The van der Waals surface area contributed by atoms with Crippen molar-refractivity contribution in [1.82, 2.24) is 4.90 Å². The van der Waals surface area contributed by atoms with Crippen LogP contribution in [0, 0.1) is 5.41 Å². The predicted octanol–water partition coefficient (Wildman–Crippen LogP) is 1.51. The summed E-state index contributed by atoms with van der Waals surface area (Å²) in [6.07, 6.45) is 0.864. The van der Waals surface area contributed by atoms with Gasteiger partial charge in [-0.2, -0.15) is 0 Å². The summed E-state index contributed by atoms with van der Waals surface area (Å²) in [5.74, 6) is 0.290. The van der Waals surface area contributed by atoms with Crippen LogP contribution >= 0.6 is 0 Å². The third kappa shape index (κ3) is 6.48. The van der Waals surface area contributed by atoms with E-state index in [9.17, 15) is 0 Å². The molecule has 0 amide bonds. The quantitative estimate of drug-likeness (QED) is 0.212. The van der Waals surface area contributed by atoms with Gasteiger partial charge in [-0.25, -0.2) is 0 Å². The van der Waals surface area contributed by atoms with Crippen LogP contribution in [-0.4, -0.2) is 48.8 Å². The number of nitrogens with two attached hydrogens (primary N) is 1. The largest absolute Gasteiger partial charge is 0.409 e. The number of amidine groups is 1. The molecule has 0 saturated carbocycles. The van der Waals surface area contributed by atoms with Crippen LogP contribution in [0.4, 0.5) is 0 Å². The Kier molecular flexibility index (Phi) is 7.91. The van der Waals surface area contributed by atoms with E-state index in [-0.39, 0.29) is 5.41 Å². The van der Waals surface area contributed by atoms with Crippen LogP contribution in [0.3, 0.4) is 0 Å². The monoisotopic (exact) mass is 245 g/mol. The highest BCUT2D eigenvalue weighted by Gasteiger charge is 2.24. The molecule has 0 radical (unpaired) electrons. The predicted molar refractivity (Wildman–Crippen MR) is 70.4 cm³/mol. The summed E-state index contributed by atoms with van der Waals surface area (Å²) in [5, 5.41) is 11.8. The fourth-order valence-corrected chi connectivity index (χ4v) is 1.47. The number of nitrogens with zero attached hydrogens (tertiary/aromatic N) is 2. The van der Waals surface area contributed by atoms with Crippen LogP contribution in [0.1, 0.15) is 34.1 Å². The van der Waals surface area contributed by atoms with Crippen LogP contribution in [0.5, 0.6) is 0 Å². The van der Waals surface area contributed by atoms with Crippen molar-refractivity contribution < 1.29 is 9.94 Å². The maximum atomic E-state index is 8.70. The average Bonchev–Trinajstić information content (AvgIpc) is 2.32. The average molecular weight is 245 g/mol. The van der Waals surface area contributed by atoms with Crippen molar-refractivity contribution in [3.63, 3.8) is 0 Å². The summed E-state index contributed by atoms with van der Waals surface area (Å²) >= 11 is 0. The van der Waals surface area contributed by atoms with Gasteiger partial charge in [0, 0.05) is 18.6 Å². The highest BCUT2D eigenvalue weighted by atomic mass is 16.5. The van der Waals surface area contributed by atoms with Crippen molar-refractivity contribution in [2.24, 2.45) is 16.3 Å². The second-order valence-corrected chi connectivity index (χ2v) is 4.75. The van der Waals surface area contributed by atoms with Crippen LogP contribution in [0.15, 0.2) is 5.16 Å². The van der Waals surface area contributed by atoms with E-state index in [1.54, 1.807) is 0 Å². The van der Waals surface area contributed by atoms with Gasteiger partial charge in [-0.1, -0.05) is 25.9 Å². The van der Waals surface area contributed by atoms with Gasteiger partial charge in [-0.15, -0.1) is 0 Å². The Labute approximate surface area is 105 Å². The van der Waals surface area contributed by atoms with E-state index in [1.165, 1.54) is 0 Å². The highest BCUT2D eigenvalue weighted by Crippen LogP contribution is 2.20. The highest BCUT2D eigenvalue weighted by molar-refractivity contribution is 5.85. The fourth-order valence-electron chi connectivity index (χ4n) is 1.47. The zero-order valence-corrected chi connectivity index (χ0v) is 11.6. The molecule has 0 aromatic rings. The molecule has 17 heavy (non-hydrogen) atoms. The lowest BCUT2D eigenvalue weighted by atomic mass is 9.88. The number of hydrogen-bond donors (Lipinski definition) is 2. The SMILES string of the molecule is CCOCCN(CC)CCC(C)(C)C(N)=NO. The van der Waals surface area contributed by atoms with Gasteiger partial charge in [0.2, 0.25) is 0 Å².